The Kier molecular flexibility index (Phi) is 3.09. The number of hydrogen-bond donors (Lipinski definition) is 1. The number of nitrogens with one attached hydrogen (secondary N) is 1. The van der Waals surface area contributed by atoms with Crippen molar-refractivity contribution in [2.45, 2.75) is 52.0 Å². The summed E-state index contributed by atoms with van der Waals surface area (Å²) < 4.78 is 0. The van der Waals surface area contributed by atoms with Crippen LogP contribution in [0.3, 0.4) is 0 Å². The lowest BCUT2D eigenvalue weighted by Gasteiger charge is -2.35. The third-order valence-electron chi connectivity index (χ3n) is 3.93. The van der Waals surface area contributed by atoms with Gasteiger partial charge in [0.15, 0.2) is 0 Å². The van der Waals surface area contributed by atoms with Crippen molar-refractivity contribution in [2.24, 2.45) is 16.8 Å². The van der Waals surface area contributed by atoms with E-state index in [1.165, 1.54) is 37.9 Å². The Labute approximate surface area is 87.2 Å². The standard InChI is InChI=1S/C12H22N2/c1-9-5-3-6-11(10(9)2)14-12-7-4-8-13-12/h9-11H,3-8H2,1-2H3,(H,13,14). The molecule has 1 heterocycles. The molecule has 80 valence electrons. The zero-order chi connectivity index (χ0) is 9.97. The molecule has 2 rings (SSSR count). The lowest BCUT2D eigenvalue weighted by Crippen LogP contribution is -2.43. The van der Waals surface area contributed by atoms with Crippen LogP contribution in [-0.4, -0.2) is 18.4 Å². The summed E-state index contributed by atoms with van der Waals surface area (Å²) in [4.78, 5) is 4.49. The molecule has 2 nitrogen and oxygen atoms in total. The van der Waals surface area contributed by atoms with E-state index in [1.54, 1.807) is 0 Å². The Morgan fingerprint density at radius 2 is 2.07 bits per heavy atom. The van der Waals surface area contributed by atoms with Crippen molar-refractivity contribution in [2.75, 3.05) is 6.54 Å². The van der Waals surface area contributed by atoms with E-state index < -0.39 is 0 Å². The quantitative estimate of drug-likeness (QED) is 0.681. The fraction of sp³-hybridized carbons (Fsp3) is 0.917. The molecule has 3 unspecified atom stereocenters. The van der Waals surface area contributed by atoms with Gasteiger partial charge in [0.2, 0.25) is 0 Å². The van der Waals surface area contributed by atoms with E-state index in [4.69, 9.17) is 0 Å². The van der Waals surface area contributed by atoms with Gasteiger partial charge in [-0.1, -0.05) is 26.7 Å². The van der Waals surface area contributed by atoms with Crippen LogP contribution >= 0.6 is 0 Å². The van der Waals surface area contributed by atoms with Crippen molar-refractivity contribution < 1.29 is 0 Å². The van der Waals surface area contributed by atoms with Crippen molar-refractivity contribution in [3.63, 3.8) is 0 Å². The molecule has 0 aromatic heterocycles. The summed E-state index contributed by atoms with van der Waals surface area (Å²) in [7, 11) is 0. The molecule has 1 aliphatic carbocycles. The summed E-state index contributed by atoms with van der Waals surface area (Å²) in [6.07, 6.45) is 6.56. The first-order valence-corrected chi connectivity index (χ1v) is 6.07. The van der Waals surface area contributed by atoms with Crippen LogP contribution in [0.4, 0.5) is 0 Å². The van der Waals surface area contributed by atoms with Crippen molar-refractivity contribution in [1.82, 2.24) is 5.32 Å². The summed E-state index contributed by atoms with van der Waals surface area (Å²) in [6.45, 7) is 5.81. The number of hydrogen-bond acceptors (Lipinski definition) is 2. The Bertz CT molecular complexity index is 222. The highest BCUT2D eigenvalue weighted by atomic mass is 15.0. The average Bonchev–Trinajstić information content (AvgIpc) is 2.66. The summed E-state index contributed by atoms with van der Waals surface area (Å²) in [6, 6.07) is 0.690. The highest BCUT2D eigenvalue weighted by Gasteiger charge is 2.27. The minimum Gasteiger partial charge on any atom is -0.371 e. The predicted octanol–water partition coefficient (Wildman–Crippen LogP) is 2.59. The van der Waals surface area contributed by atoms with Crippen LogP contribution < -0.4 is 5.32 Å². The maximum absolute atomic E-state index is 4.49. The van der Waals surface area contributed by atoms with E-state index in [0.29, 0.717) is 6.04 Å². The van der Waals surface area contributed by atoms with Crippen LogP contribution in [-0.2, 0) is 0 Å². The predicted molar refractivity (Wildman–Crippen MR) is 60.6 cm³/mol. The van der Waals surface area contributed by atoms with Crippen LogP contribution in [0.1, 0.15) is 46.0 Å². The first-order chi connectivity index (χ1) is 6.77. The van der Waals surface area contributed by atoms with Gasteiger partial charge in [-0.2, -0.15) is 0 Å². The van der Waals surface area contributed by atoms with Crippen molar-refractivity contribution in [1.29, 1.82) is 0 Å². The van der Waals surface area contributed by atoms with Gasteiger partial charge in [0, 0.05) is 19.0 Å². The lowest BCUT2D eigenvalue weighted by atomic mass is 9.78. The van der Waals surface area contributed by atoms with E-state index in [-0.39, 0.29) is 0 Å². The summed E-state index contributed by atoms with van der Waals surface area (Å²) in [5.41, 5.74) is 0. The normalized spacial score (nSPS) is 38.1. The molecule has 14 heavy (non-hydrogen) atoms. The number of rotatable bonds is 1. The van der Waals surface area contributed by atoms with Gasteiger partial charge in [-0.05, 0) is 24.7 Å². The maximum atomic E-state index is 4.49. The number of nitrogens with zero attached hydrogens (tertiary/aromatic N) is 1. The minimum absolute atomic E-state index is 0.690. The molecule has 1 N–H and O–H groups in total. The molecular weight excluding hydrogens is 172 g/mol. The molecule has 0 amide bonds. The molecule has 0 aromatic carbocycles. The molecule has 0 aromatic rings. The first-order valence-electron chi connectivity index (χ1n) is 6.07. The summed E-state index contributed by atoms with van der Waals surface area (Å²) >= 11 is 0. The zero-order valence-electron chi connectivity index (χ0n) is 9.42. The summed E-state index contributed by atoms with van der Waals surface area (Å²) in [5.74, 6) is 2.96. The van der Waals surface area contributed by atoms with E-state index in [0.717, 1.165) is 18.4 Å². The number of amidine groups is 1. The molecule has 0 spiro atoms. The van der Waals surface area contributed by atoms with E-state index >= 15 is 0 Å². The summed E-state index contributed by atoms with van der Waals surface area (Å²) in [5, 5.41) is 3.65. The third kappa shape index (κ3) is 2.10. The zero-order valence-corrected chi connectivity index (χ0v) is 9.42. The first kappa shape index (κ1) is 10.0. The van der Waals surface area contributed by atoms with E-state index in [2.05, 4.69) is 24.2 Å². The van der Waals surface area contributed by atoms with Crippen LogP contribution in [0.25, 0.3) is 0 Å². The number of aliphatic imine (C=N–C) groups is 1. The Morgan fingerprint density at radius 1 is 1.21 bits per heavy atom. The Balaban J connectivity index is 1.89. The van der Waals surface area contributed by atoms with Gasteiger partial charge in [-0.15, -0.1) is 0 Å². The minimum atomic E-state index is 0.690. The Hall–Kier alpha value is -0.530. The molecule has 1 saturated carbocycles. The van der Waals surface area contributed by atoms with Gasteiger partial charge in [0.1, 0.15) is 0 Å². The monoisotopic (exact) mass is 194 g/mol. The lowest BCUT2D eigenvalue weighted by molar-refractivity contribution is 0.224. The molecule has 2 aliphatic rings. The molecule has 2 heteroatoms. The van der Waals surface area contributed by atoms with Crippen molar-refractivity contribution >= 4 is 5.84 Å². The smallest absolute Gasteiger partial charge is 0.0965 e. The third-order valence-corrected chi connectivity index (χ3v) is 3.93. The topological polar surface area (TPSA) is 24.4 Å². The maximum Gasteiger partial charge on any atom is 0.0965 e. The van der Waals surface area contributed by atoms with Gasteiger partial charge >= 0.3 is 0 Å². The van der Waals surface area contributed by atoms with E-state index in [9.17, 15) is 0 Å². The molecular formula is C12H22N2. The van der Waals surface area contributed by atoms with Gasteiger partial charge in [-0.3, -0.25) is 4.99 Å². The molecule has 3 atom stereocenters. The largest absolute Gasteiger partial charge is 0.371 e. The molecule has 0 radical (unpaired) electrons. The second-order valence-electron chi connectivity index (χ2n) is 4.95. The van der Waals surface area contributed by atoms with Crippen LogP contribution in [0.2, 0.25) is 0 Å². The fourth-order valence-electron chi connectivity index (χ4n) is 2.66. The van der Waals surface area contributed by atoms with Gasteiger partial charge in [0.25, 0.3) is 0 Å². The van der Waals surface area contributed by atoms with Gasteiger partial charge < -0.3 is 5.32 Å². The highest BCUT2D eigenvalue weighted by molar-refractivity contribution is 5.83. The molecule has 0 bridgehead atoms. The Morgan fingerprint density at radius 3 is 2.79 bits per heavy atom. The fourth-order valence-corrected chi connectivity index (χ4v) is 2.66. The second kappa shape index (κ2) is 4.33. The molecule has 1 aliphatic heterocycles. The SMILES string of the molecule is CC1CCCC(NC2=NCCC2)C1C. The molecule has 1 fully saturated rings. The van der Waals surface area contributed by atoms with Gasteiger partial charge in [0.05, 0.1) is 5.84 Å². The second-order valence-corrected chi connectivity index (χ2v) is 4.95. The van der Waals surface area contributed by atoms with Crippen LogP contribution in [0.15, 0.2) is 4.99 Å². The van der Waals surface area contributed by atoms with Crippen LogP contribution in [0.5, 0.6) is 0 Å². The van der Waals surface area contributed by atoms with Crippen molar-refractivity contribution in [3.05, 3.63) is 0 Å². The average molecular weight is 194 g/mol. The molecule has 0 saturated heterocycles. The van der Waals surface area contributed by atoms with Gasteiger partial charge in [-0.25, -0.2) is 0 Å². The van der Waals surface area contributed by atoms with Crippen molar-refractivity contribution in [3.8, 4) is 0 Å². The van der Waals surface area contributed by atoms with Crippen LogP contribution in [0, 0.1) is 11.8 Å². The highest BCUT2D eigenvalue weighted by Crippen LogP contribution is 2.29. The van der Waals surface area contributed by atoms with E-state index in [1.807, 2.05) is 0 Å².